The van der Waals surface area contributed by atoms with E-state index >= 15 is 0 Å². The molecule has 1 saturated heterocycles. The summed E-state index contributed by atoms with van der Waals surface area (Å²) in [6, 6.07) is 0. The van der Waals surface area contributed by atoms with Gasteiger partial charge in [-0.05, 0) is 6.42 Å². The first-order valence-electron chi connectivity index (χ1n) is 4.68. The van der Waals surface area contributed by atoms with Gasteiger partial charge in [-0.1, -0.05) is 13.8 Å². The molecule has 1 aliphatic rings. The van der Waals surface area contributed by atoms with E-state index in [2.05, 4.69) is 4.52 Å². The summed E-state index contributed by atoms with van der Waals surface area (Å²) in [7, 11) is -2.74. The molecule has 0 saturated carbocycles. The maximum absolute atomic E-state index is 11.2. The highest BCUT2D eigenvalue weighted by atomic mass is 31.2. The van der Waals surface area contributed by atoms with Crippen LogP contribution in [0.2, 0.25) is 0 Å². The zero-order valence-electron chi connectivity index (χ0n) is 8.67. The van der Waals surface area contributed by atoms with Crippen LogP contribution in [0.15, 0.2) is 0 Å². The summed E-state index contributed by atoms with van der Waals surface area (Å²) in [5.74, 6) is 0.121. The third-order valence-corrected chi connectivity index (χ3v) is 3.36. The quantitative estimate of drug-likeness (QED) is 0.734. The summed E-state index contributed by atoms with van der Waals surface area (Å²) >= 11 is 0. The van der Waals surface area contributed by atoms with Gasteiger partial charge in [0.15, 0.2) is 0 Å². The molecule has 84 valence electrons. The maximum Gasteiger partial charge on any atom is 0.472 e. The van der Waals surface area contributed by atoms with Gasteiger partial charge >= 0.3 is 7.82 Å². The molecule has 6 heteroatoms. The Morgan fingerprint density at radius 3 is 2.79 bits per heavy atom. The van der Waals surface area contributed by atoms with E-state index in [0.29, 0.717) is 6.61 Å². The molecule has 5 nitrogen and oxygen atoms in total. The van der Waals surface area contributed by atoms with Crippen molar-refractivity contribution in [2.75, 3.05) is 13.7 Å². The summed E-state index contributed by atoms with van der Waals surface area (Å²) < 4.78 is 26.0. The zero-order valence-corrected chi connectivity index (χ0v) is 9.57. The first kappa shape index (κ1) is 12.1. The van der Waals surface area contributed by atoms with Crippen LogP contribution >= 0.6 is 7.82 Å². The van der Waals surface area contributed by atoms with Gasteiger partial charge in [0.05, 0.1) is 12.7 Å². The van der Waals surface area contributed by atoms with Crippen LogP contribution in [0, 0.1) is 5.92 Å². The van der Waals surface area contributed by atoms with Crippen molar-refractivity contribution in [1.29, 1.82) is 0 Å². The molecule has 0 aromatic heterocycles. The van der Waals surface area contributed by atoms with Crippen molar-refractivity contribution in [3.63, 3.8) is 0 Å². The lowest BCUT2D eigenvalue weighted by molar-refractivity contribution is 0.0302. The first-order chi connectivity index (χ1) is 6.50. The normalized spacial score (nSPS) is 37.0. The van der Waals surface area contributed by atoms with Gasteiger partial charge in [0, 0.05) is 13.0 Å². The van der Waals surface area contributed by atoms with E-state index in [1.807, 2.05) is 13.8 Å². The van der Waals surface area contributed by atoms with Gasteiger partial charge in [0.2, 0.25) is 0 Å². The molecule has 1 N–H and O–H groups in total. The largest absolute Gasteiger partial charge is 0.472 e. The lowest BCUT2D eigenvalue weighted by Crippen LogP contribution is -2.27. The van der Waals surface area contributed by atoms with Crippen molar-refractivity contribution in [2.45, 2.75) is 32.5 Å². The molecule has 0 radical (unpaired) electrons. The first-order valence-corrected chi connectivity index (χ1v) is 6.18. The number of ether oxygens (including phenoxy) is 1. The Bertz CT molecular complexity index is 232. The second-order valence-electron chi connectivity index (χ2n) is 3.48. The van der Waals surface area contributed by atoms with Crippen LogP contribution in [0.25, 0.3) is 0 Å². The molecule has 0 aromatic rings. The molecule has 1 fully saturated rings. The maximum atomic E-state index is 11.2. The Hall–Kier alpha value is 0.0700. The Balaban J connectivity index is 2.61. The smallest absolute Gasteiger partial charge is 0.375 e. The molecule has 0 bridgehead atoms. The summed E-state index contributed by atoms with van der Waals surface area (Å²) in [6.07, 6.45) is 0.301. The monoisotopic (exact) mass is 224 g/mol. The molecule has 0 spiro atoms. The van der Waals surface area contributed by atoms with Crippen molar-refractivity contribution >= 4 is 7.82 Å². The van der Waals surface area contributed by atoms with E-state index in [4.69, 9.17) is 9.26 Å². The fourth-order valence-corrected chi connectivity index (χ4v) is 2.29. The second kappa shape index (κ2) is 4.73. The zero-order chi connectivity index (χ0) is 10.8. The topological polar surface area (TPSA) is 65.0 Å². The van der Waals surface area contributed by atoms with Gasteiger partial charge in [0.1, 0.15) is 6.10 Å². The summed E-state index contributed by atoms with van der Waals surface area (Å²) in [6.45, 7) is 4.44. The minimum absolute atomic E-state index is 0.111. The minimum atomic E-state index is -3.89. The van der Waals surface area contributed by atoms with Crippen LogP contribution in [-0.2, 0) is 18.3 Å². The number of hydrogen-bond acceptors (Lipinski definition) is 4. The summed E-state index contributed by atoms with van der Waals surface area (Å²) in [4.78, 5) is 9.17. The summed E-state index contributed by atoms with van der Waals surface area (Å²) in [5.41, 5.74) is 0. The second-order valence-corrected chi connectivity index (χ2v) is 4.99. The third kappa shape index (κ3) is 2.78. The highest BCUT2D eigenvalue weighted by molar-refractivity contribution is 7.47. The standard InChI is InChI=1S/C8H17O5P/c1-4-7-8(6(2)5-12-7)13-14(9,10)11-3/h6-8H,4-5H2,1-3H3,(H,9,10). The molecule has 1 heterocycles. The summed E-state index contributed by atoms with van der Waals surface area (Å²) in [5, 5.41) is 0. The van der Waals surface area contributed by atoms with Crippen LogP contribution < -0.4 is 0 Å². The lowest BCUT2D eigenvalue weighted by Gasteiger charge is -2.21. The van der Waals surface area contributed by atoms with Crippen molar-refractivity contribution in [1.82, 2.24) is 0 Å². The van der Waals surface area contributed by atoms with Gasteiger partial charge in [-0.3, -0.25) is 9.05 Å². The molecule has 1 aliphatic heterocycles. The molecule has 0 amide bonds. The van der Waals surface area contributed by atoms with Gasteiger partial charge in [-0.2, -0.15) is 0 Å². The molecule has 14 heavy (non-hydrogen) atoms. The molecule has 4 unspecified atom stereocenters. The van der Waals surface area contributed by atoms with E-state index < -0.39 is 7.82 Å². The van der Waals surface area contributed by atoms with E-state index in [9.17, 15) is 9.46 Å². The average Bonchev–Trinajstić information content (AvgIpc) is 2.48. The molecule has 4 atom stereocenters. The van der Waals surface area contributed by atoms with Crippen molar-refractivity contribution in [3.05, 3.63) is 0 Å². The predicted molar refractivity (Wildman–Crippen MR) is 50.9 cm³/mol. The van der Waals surface area contributed by atoms with Crippen LogP contribution in [0.4, 0.5) is 0 Å². The van der Waals surface area contributed by atoms with Crippen molar-refractivity contribution < 1.29 is 23.2 Å². The van der Waals surface area contributed by atoms with Crippen molar-refractivity contribution in [3.8, 4) is 0 Å². The number of phosphoric acid groups is 1. The fourth-order valence-electron chi connectivity index (χ4n) is 1.55. The van der Waals surface area contributed by atoms with Crippen molar-refractivity contribution in [2.24, 2.45) is 5.92 Å². The lowest BCUT2D eigenvalue weighted by atomic mass is 10.0. The van der Waals surface area contributed by atoms with Gasteiger partial charge in [-0.15, -0.1) is 0 Å². The van der Waals surface area contributed by atoms with E-state index in [0.717, 1.165) is 13.5 Å². The van der Waals surface area contributed by atoms with Crippen LogP contribution in [0.5, 0.6) is 0 Å². The Morgan fingerprint density at radius 2 is 2.29 bits per heavy atom. The highest BCUT2D eigenvalue weighted by Crippen LogP contribution is 2.46. The fraction of sp³-hybridized carbons (Fsp3) is 1.00. The van der Waals surface area contributed by atoms with Gasteiger partial charge < -0.3 is 9.63 Å². The average molecular weight is 224 g/mol. The Kier molecular flexibility index (Phi) is 4.10. The van der Waals surface area contributed by atoms with Crippen LogP contribution in [-0.4, -0.2) is 30.8 Å². The van der Waals surface area contributed by atoms with Gasteiger partial charge in [-0.25, -0.2) is 4.57 Å². The number of rotatable bonds is 4. The highest BCUT2D eigenvalue weighted by Gasteiger charge is 2.39. The third-order valence-electron chi connectivity index (χ3n) is 2.39. The number of hydrogen-bond donors (Lipinski definition) is 1. The van der Waals surface area contributed by atoms with Crippen LogP contribution in [0.3, 0.4) is 0 Å². The Labute approximate surface area is 84.0 Å². The van der Waals surface area contributed by atoms with E-state index in [-0.39, 0.29) is 18.1 Å². The van der Waals surface area contributed by atoms with E-state index in [1.54, 1.807) is 0 Å². The van der Waals surface area contributed by atoms with E-state index in [1.165, 1.54) is 0 Å². The molecule has 1 rings (SSSR count). The minimum Gasteiger partial charge on any atom is -0.375 e. The van der Waals surface area contributed by atoms with Gasteiger partial charge in [0.25, 0.3) is 0 Å². The van der Waals surface area contributed by atoms with Crippen LogP contribution in [0.1, 0.15) is 20.3 Å². The Morgan fingerprint density at radius 1 is 1.64 bits per heavy atom. The molecule has 0 aromatic carbocycles. The SMILES string of the molecule is CCC1OCC(C)C1OP(=O)(O)OC. The number of phosphoric ester groups is 1. The molecular weight excluding hydrogens is 207 g/mol. The molecular formula is C8H17O5P. The predicted octanol–water partition coefficient (Wildman–Crippen LogP) is 1.56. The molecule has 0 aliphatic carbocycles.